The Morgan fingerprint density at radius 3 is 2.64 bits per heavy atom. The Balaban J connectivity index is 1.94. The molecule has 0 N–H and O–H groups in total. The van der Waals surface area contributed by atoms with E-state index in [4.69, 9.17) is 14.7 Å². The number of carbonyl (C=O) groups is 1. The van der Waals surface area contributed by atoms with Crippen molar-refractivity contribution in [1.29, 1.82) is 0 Å². The number of carbonyl (C=O) groups excluding carboxylic acids is 1. The van der Waals surface area contributed by atoms with Gasteiger partial charge >= 0.3 is 0 Å². The smallest absolute Gasteiger partial charge is 0.242 e. The Morgan fingerprint density at radius 2 is 1.96 bits per heavy atom. The first kappa shape index (κ1) is 20.0. The number of methoxy groups -OCH3 is 1. The second kappa shape index (κ2) is 7.73. The summed E-state index contributed by atoms with van der Waals surface area (Å²) in [5, 5.41) is 0. The summed E-state index contributed by atoms with van der Waals surface area (Å²) in [6, 6.07) is 3.63. The van der Waals surface area contributed by atoms with E-state index in [1.807, 2.05) is 45.8 Å². The van der Waals surface area contributed by atoms with Gasteiger partial charge in [0.25, 0.3) is 0 Å². The molecule has 0 saturated carbocycles. The van der Waals surface area contributed by atoms with E-state index in [1.165, 1.54) is 0 Å². The van der Waals surface area contributed by atoms with Gasteiger partial charge < -0.3 is 14.5 Å². The third kappa shape index (κ3) is 4.08. The van der Waals surface area contributed by atoms with Crippen molar-refractivity contribution in [3.63, 3.8) is 0 Å². The van der Waals surface area contributed by atoms with Crippen molar-refractivity contribution in [2.75, 3.05) is 32.6 Å². The molecule has 0 aliphatic heterocycles. The van der Waals surface area contributed by atoms with Crippen LogP contribution in [-0.4, -0.2) is 59.0 Å². The molecular weight excluding hydrogens is 354 g/mol. The van der Waals surface area contributed by atoms with Crippen molar-refractivity contribution in [2.24, 2.45) is 0 Å². The van der Waals surface area contributed by atoms with Crippen molar-refractivity contribution in [2.45, 2.75) is 45.6 Å². The first-order chi connectivity index (χ1) is 13.2. The number of rotatable bonds is 5. The maximum atomic E-state index is 12.7. The molecule has 0 spiro atoms. The molecule has 7 heteroatoms. The molecule has 0 aromatic carbocycles. The quantitative estimate of drug-likeness (QED) is 0.791. The number of ether oxygens (including phenoxy) is 1. The molecule has 0 bridgehead atoms. The van der Waals surface area contributed by atoms with Crippen molar-refractivity contribution < 1.29 is 9.53 Å². The van der Waals surface area contributed by atoms with Crippen LogP contribution in [0.2, 0.25) is 0 Å². The summed E-state index contributed by atoms with van der Waals surface area (Å²) in [6.07, 6.45) is 4.60. The Bertz CT molecular complexity index is 876. The summed E-state index contributed by atoms with van der Waals surface area (Å²) in [4.78, 5) is 30.4. The predicted octanol–water partition coefficient (Wildman–Crippen LogP) is 2.73. The van der Waals surface area contributed by atoms with Gasteiger partial charge in [-0.2, -0.15) is 0 Å². The zero-order valence-electron chi connectivity index (χ0n) is 17.6. The van der Waals surface area contributed by atoms with Gasteiger partial charge in [0.1, 0.15) is 17.3 Å². The highest BCUT2D eigenvalue weighted by Crippen LogP contribution is 2.31. The molecule has 3 rings (SSSR count). The maximum absolute atomic E-state index is 12.7. The van der Waals surface area contributed by atoms with Crippen molar-refractivity contribution in [3.8, 4) is 17.3 Å². The summed E-state index contributed by atoms with van der Waals surface area (Å²) in [6.45, 7) is 6.35. The topological polar surface area (TPSA) is 71.5 Å². The van der Waals surface area contributed by atoms with Gasteiger partial charge in [-0.15, -0.1) is 0 Å². The largest absolute Gasteiger partial charge is 0.497 e. The molecule has 150 valence electrons. The molecular formula is C21H29N5O2. The van der Waals surface area contributed by atoms with Gasteiger partial charge in [0.2, 0.25) is 5.91 Å². The van der Waals surface area contributed by atoms with Crippen LogP contribution < -0.4 is 9.64 Å². The third-order valence-electron chi connectivity index (χ3n) is 5.22. The van der Waals surface area contributed by atoms with Crippen LogP contribution in [0.15, 0.2) is 18.3 Å². The van der Waals surface area contributed by atoms with Crippen LogP contribution in [0.3, 0.4) is 0 Å². The monoisotopic (exact) mass is 383 g/mol. The van der Waals surface area contributed by atoms with Crippen molar-refractivity contribution >= 4 is 11.7 Å². The molecule has 2 aromatic rings. The van der Waals surface area contributed by atoms with Crippen LogP contribution >= 0.6 is 0 Å². The number of nitrogens with zero attached hydrogens (tertiary/aromatic N) is 5. The lowest BCUT2D eigenvalue weighted by Crippen LogP contribution is -2.46. The molecule has 7 nitrogen and oxygen atoms in total. The van der Waals surface area contributed by atoms with E-state index in [-0.39, 0.29) is 18.0 Å². The molecule has 0 atom stereocenters. The highest BCUT2D eigenvalue weighted by atomic mass is 16.5. The number of aromatic nitrogens is 3. The SMILES string of the molecule is COc1ccnc(-c2nc3c(c(N(C)CC(=O)N(C)C(C)(C)C)n2)CCC3)c1. The van der Waals surface area contributed by atoms with Gasteiger partial charge in [-0.1, -0.05) is 0 Å². The maximum Gasteiger partial charge on any atom is 0.242 e. The van der Waals surface area contributed by atoms with Crippen molar-refractivity contribution in [1.82, 2.24) is 19.9 Å². The number of pyridine rings is 1. The lowest BCUT2D eigenvalue weighted by molar-refractivity contribution is -0.132. The molecule has 1 amide bonds. The number of hydrogen-bond donors (Lipinski definition) is 0. The molecule has 0 saturated heterocycles. The van der Waals surface area contributed by atoms with E-state index in [2.05, 4.69) is 4.98 Å². The number of hydrogen-bond acceptors (Lipinski definition) is 6. The van der Waals surface area contributed by atoms with Crippen LogP contribution in [0.25, 0.3) is 11.5 Å². The van der Waals surface area contributed by atoms with Gasteiger partial charge in [0, 0.05) is 43.2 Å². The van der Waals surface area contributed by atoms with E-state index in [0.717, 1.165) is 36.3 Å². The van der Waals surface area contributed by atoms with Crippen molar-refractivity contribution in [3.05, 3.63) is 29.6 Å². The minimum absolute atomic E-state index is 0.0569. The van der Waals surface area contributed by atoms with Gasteiger partial charge in [-0.25, -0.2) is 9.97 Å². The van der Waals surface area contributed by atoms with Gasteiger partial charge in [0.15, 0.2) is 5.82 Å². The lowest BCUT2D eigenvalue weighted by Gasteiger charge is -2.33. The summed E-state index contributed by atoms with van der Waals surface area (Å²) < 4.78 is 5.30. The molecule has 2 aromatic heterocycles. The molecule has 1 aliphatic carbocycles. The summed E-state index contributed by atoms with van der Waals surface area (Å²) in [5.41, 5.74) is 2.64. The molecule has 28 heavy (non-hydrogen) atoms. The fraction of sp³-hybridized carbons (Fsp3) is 0.524. The highest BCUT2D eigenvalue weighted by molar-refractivity contribution is 5.82. The average molecular weight is 383 g/mol. The highest BCUT2D eigenvalue weighted by Gasteiger charge is 2.26. The Kier molecular flexibility index (Phi) is 5.54. The number of anilines is 1. The van der Waals surface area contributed by atoms with E-state index >= 15 is 0 Å². The van der Waals surface area contributed by atoms with Crippen LogP contribution in [0.4, 0.5) is 5.82 Å². The predicted molar refractivity (Wildman–Crippen MR) is 110 cm³/mol. The van der Waals surface area contributed by atoms with Crippen LogP contribution in [0, 0.1) is 0 Å². The standard InChI is InChI=1S/C21H29N5O2/c1-21(2,3)26(5)18(27)13-25(4)20-15-8-7-9-16(15)23-19(24-20)17-12-14(28-6)10-11-22-17/h10-12H,7-9,13H2,1-6H3. The Hall–Kier alpha value is -2.70. The molecule has 2 heterocycles. The fourth-order valence-electron chi connectivity index (χ4n) is 3.26. The second-order valence-corrected chi connectivity index (χ2v) is 8.21. The van der Waals surface area contributed by atoms with E-state index < -0.39 is 0 Å². The molecule has 0 radical (unpaired) electrons. The number of amides is 1. The Labute approximate surface area is 166 Å². The van der Waals surface area contributed by atoms with Crippen LogP contribution in [0.5, 0.6) is 5.75 Å². The van der Waals surface area contributed by atoms with Crippen LogP contribution in [-0.2, 0) is 17.6 Å². The molecule has 0 fully saturated rings. The number of aryl methyl sites for hydroxylation is 1. The van der Waals surface area contributed by atoms with E-state index in [0.29, 0.717) is 17.3 Å². The Morgan fingerprint density at radius 1 is 1.21 bits per heavy atom. The first-order valence-electron chi connectivity index (χ1n) is 9.58. The van der Waals surface area contributed by atoms with Gasteiger partial charge in [-0.05, 0) is 46.1 Å². The number of likely N-dealkylation sites (N-methyl/N-ethyl adjacent to an activating group) is 2. The average Bonchev–Trinajstić information content (AvgIpc) is 3.14. The van der Waals surface area contributed by atoms with Gasteiger partial charge in [-0.3, -0.25) is 9.78 Å². The van der Waals surface area contributed by atoms with E-state index in [1.54, 1.807) is 24.3 Å². The molecule has 1 aliphatic rings. The minimum Gasteiger partial charge on any atom is -0.497 e. The zero-order valence-corrected chi connectivity index (χ0v) is 17.6. The first-order valence-corrected chi connectivity index (χ1v) is 9.58. The summed E-state index contributed by atoms with van der Waals surface area (Å²) in [7, 11) is 5.38. The second-order valence-electron chi connectivity index (χ2n) is 8.21. The third-order valence-corrected chi connectivity index (χ3v) is 5.22. The fourth-order valence-corrected chi connectivity index (χ4v) is 3.26. The summed E-state index contributed by atoms with van der Waals surface area (Å²) >= 11 is 0. The minimum atomic E-state index is -0.221. The summed E-state index contributed by atoms with van der Waals surface area (Å²) in [5.74, 6) is 2.16. The number of fused-ring (bicyclic) bond motifs is 1. The van der Waals surface area contributed by atoms with E-state index in [9.17, 15) is 4.79 Å². The molecule has 0 unspecified atom stereocenters. The lowest BCUT2D eigenvalue weighted by atomic mass is 10.1. The normalized spacial score (nSPS) is 13.2. The zero-order chi connectivity index (χ0) is 20.5. The van der Waals surface area contributed by atoms with Gasteiger partial charge in [0.05, 0.1) is 13.7 Å². The van der Waals surface area contributed by atoms with Crippen LogP contribution in [0.1, 0.15) is 38.4 Å².